The smallest absolute Gasteiger partial charge is 0.351 e. The quantitative estimate of drug-likeness (QED) is 0.154. The highest BCUT2D eigenvalue weighted by Crippen LogP contribution is 2.32. The Labute approximate surface area is 279 Å². The minimum atomic E-state index is -4.53. The van der Waals surface area contributed by atoms with Crippen LogP contribution in [0.4, 0.5) is 18.9 Å². The Hall–Kier alpha value is -4.69. The molecule has 0 bridgehead atoms. The first kappa shape index (κ1) is 35.2. The number of alkyl halides is 3. The number of nitriles is 1. The average molecular weight is 661 g/mol. The van der Waals surface area contributed by atoms with Gasteiger partial charge in [-0.1, -0.05) is 68.3 Å². The molecule has 2 unspecified atom stereocenters. The molecular formula is C36H39F3N6OS. The van der Waals surface area contributed by atoms with Crippen molar-refractivity contribution in [3.63, 3.8) is 0 Å². The maximum atomic E-state index is 14.0. The van der Waals surface area contributed by atoms with Gasteiger partial charge in [0.15, 0.2) is 5.11 Å². The molecule has 0 radical (unpaired) electrons. The molecule has 3 aromatic carbocycles. The summed E-state index contributed by atoms with van der Waals surface area (Å²) in [5, 5.41) is 15.7. The van der Waals surface area contributed by atoms with Crippen molar-refractivity contribution in [3.05, 3.63) is 118 Å². The van der Waals surface area contributed by atoms with E-state index < -0.39 is 17.8 Å². The molecule has 0 aliphatic heterocycles. The number of benzene rings is 3. The second-order valence-electron chi connectivity index (χ2n) is 11.8. The highest BCUT2D eigenvalue weighted by molar-refractivity contribution is 7.80. The van der Waals surface area contributed by atoms with E-state index in [0.717, 1.165) is 34.9 Å². The Bertz CT molecular complexity index is 1730. The molecule has 11 heteroatoms. The van der Waals surface area contributed by atoms with E-state index in [-0.39, 0.29) is 42.0 Å². The molecule has 7 nitrogen and oxygen atoms in total. The van der Waals surface area contributed by atoms with E-state index in [1.165, 1.54) is 12.1 Å². The van der Waals surface area contributed by atoms with E-state index in [1.54, 1.807) is 35.6 Å². The van der Waals surface area contributed by atoms with Crippen molar-refractivity contribution >= 4 is 28.9 Å². The van der Waals surface area contributed by atoms with Gasteiger partial charge in [0.1, 0.15) is 0 Å². The number of halogens is 3. The number of aryl methyl sites for hydroxylation is 2. The van der Waals surface area contributed by atoms with Crippen LogP contribution < -0.4 is 10.6 Å². The zero-order chi connectivity index (χ0) is 34.1. The highest BCUT2D eigenvalue weighted by atomic mass is 32.1. The molecular weight excluding hydrogens is 621 g/mol. The Morgan fingerprint density at radius 3 is 2.49 bits per heavy atom. The zero-order valence-corrected chi connectivity index (χ0v) is 27.8. The standard InChI is InChI=1S/C36H39F3N6OS/c1-5-25(3)33(42-34(46)17-30-19-41-23-45(30)20-28-13-11-27(18-40)12-14-28)22-44(21-29-8-6-7-9-31(29)36(37,38)39)35(47)43-32-15-10-24(2)16-26(32)4/h6-16,19,23,25,33H,5,17,20-22H2,1-4H3,(H,42,46)(H,43,47). The monoisotopic (exact) mass is 660 g/mol. The van der Waals surface area contributed by atoms with Crippen LogP contribution in [0.3, 0.4) is 0 Å². The van der Waals surface area contributed by atoms with Crippen molar-refractivity contribution < 1.29 is 18.0 Å². The van der Waals surface area contributed by atoms with Crippen LogP contribution >= 0.6 is 12.2 Å². The van der Waals surface area contributed by atoms with Gasteiger partial charge >= 0.3 is 6.18 Å². The van der Waals surface area contributed by atoms with Gasteiger partial charge in [-0.05, 0) is 72.9 Å². The van der Waals surface area contributed by atoms with Crippen LogP contribution in [0, 0.1) is 31.1 Å². The predicted octanol–water partition coefficient (Wildman–Crippen LogP) is 7.41. The van der Waals surface area contributed by atoms with Crippen LogP contribution in [0.15, 0.2) is 79.3 Å². The van der Waals surface area contributed by atoms with Gasteiger partial charge in [0.05, 0.1) is 29.9 Å². The molecule has 0 aliphatic carbocycles. The molecule has 1 heterocycles. The van der Waals surface area contributed by atoms with Crippen LogP contribution in [0.25, 0.3) is 0 Å². The summed E-state index contributed by atoms with van der Waals surface area (Å²) in [6.45, 7) is 8.49. The van der Waals surface area contributed by atoms with Crippen LogP contribution in [-0.4, -0.2) is 38.1 Å². The molecule has 0 saturated heterocycles. The third-order valence-electron chi connectivity index (χ3n) is 8.27. The second-order valence-corrected chi connectivity index (χ2v) is 12.2. The molecule has 4 aromatic rings. The fraction of sp³-hybridized carbons (Fsp3) is 0.333. The van der Waals surface area contributed by atoms with Gasteiger partial charge in [0.25, 0.3) is 0 Å². The largest absolute Gasteiger partial charge is 0.416 e. The molecule has 0 aliphatic rings. The third-order valence-corrected chi connectivity index (χ3v) is 8.63. The SMILES string of the molecule is CCC(C)C(CN(Cc1ccccc1C(F)(F)F)C(=S)Nc1ccc(C)cc1C)NC(=O)Cc1cncn1Cc1ccc(C#N)cc1. The molecule has 4 rings (SSSR count). The summed E-state index contributed by atoms with van der Waals surface area (Å²) in [5.41, 5.74) is 4.38. The molecule has 2 atom stereocenters. The van der Waals surface area contributed by atoms with Crippen molar-refractivity contribution in [1.82, 2.24) is 19.8 Å². The van der Waals surface area contributed by atoms with E-state index in [0.29, 0.717) is 17.8 Å². The van der Waals surface area contributed by atoms with E-state index in [2.05, 4.69) is 21.7 Å². The number of hydrogen-bond acceptors (Lipinski definition) is 4. The number of imidazole rings is 1. The molecule has 0 spiro atoms. The maximum absolute atomic E-state index is 14.0. The Morgan fingerprint density at radius 2 is 1.83 bits per heavy atom. The number of rotatable bonds is 12. The van der Waals surface area contributed by atoms with Gasteiger partial charge in [0, 0.05) is 43.3 Å². The summed E-state index contributed by atoms with van der Waals surface area (Å²) < 4.78 is 43.9. The Kier molecular flexibility index (Phi) is 11.8. The summed E-state index contributed by atoms with van der Waals surface area (Å²) in [6.07, 6.45) is -0.443. The van der Waals surface area contributed by atoms with Crippen LogP contribution in [-0.2, 0) is 30.5 Å². The van der Waals surface area contributed by atoms with Crippen LogP contribution in [0.5, 0.6) is 0 Å². The van der Waals surface area contributed by atoms with Crippen molar-refractivity contribution in [2.45, 2.75) is 65.8 Å². The number of carbonyl (C=O) groups excluding carboxylic acids is 1. The second kappa shape index (κ2) is 15.7. The number of thiocarbonyl (C=S) groups is 1. The van der Waals surface area contributed by atoms with E-state index in [9.17, 15) is 18.0 Å². The van der Waals surface area contributed by atoms with E-state index in [4.69, 9.17) is 17.5 Å². The van der Waals surface area contributed by atoms with Gasteiger partial charge in [-0.3, -0.25) is 4.79 Å². The van der Waals surface area contributed by atoms with Crippen LogP contribution in [0.1, 0.15) is 59.3 Å². The van der Waals surface area contributed by atoms with Crippen molar-refractivity contribution in [2.24, 2.45) is 5.92 Å². The number of nitrogens with zero attached hydrogens (tertiary/aromatic N) is 4. The summed E-state index contributed by atoms with van der Waals surface area (Å²) in [5.74, 6) is -0.243. The van der Waals surface area contributed by atoms with E-state index >= 15 is 0 Å². The van der Waals surface area contributed by atoms with Gasteiger partial charge < -0.3 is 20.1 Å². The summed E-state index contributed by atoms with van der Waals surface area (Å²) >= 11 is 5.82. The molecule has 1 amide bonds. The molecule has 1 aromatic heterocycles. The maximum Gasteiger partial charge on any atom is 0.416 e. The first-order valence-electron chi connectivity index (χ1n) is 15.4. The average Bonchev–Trinajstić information content (AvgIpc) is 3.47. The summed E-state index contributed by atoms with van der Waals surface area (Å²) in [6, 6.07) is 20.2. The minimum Gasteiger partial charge on any atom is -0.351 e. The Balaban J connectivity index is 1.56. The van der Waals surface area contributed by atoms with E-state index in [1.807, 2.05) is 62.6 Å². The lowest BCUT2D eigenvalue weighted by molar-refractivity contribution is -0.138. The van der Waals surface area contributed by atoms with Crippen molar-refractivity contribution in [3.8, 4) is 6.07 Å². The van der Waals surface area contributed by atoms with Crippen LogP contribution in [0.2, 0.25) is 0 Å². The lowest BCUT2D eigenvalue weighted by atomic mass is 9.97. The fourth-order valence-electron chi connectivity index (χ4n) is 5.34. The van der Waals surface area contributed by atoms with Gasteiger partial charge in [-0.2, -0.15) is 18.4 Å². The zero-order valence-electron chi connectivity index (χ0n) is 26.9. The summed E-state index contributed by atoms with van der Waals surface area (Å²) in [7, 11) is 0. The number of amides is 1. The number of hydrogen-bond donors (Lipinski definition) is 2. The number of anilines is 1. The van der Waals surface area contributed by atoms with Gasteiger partial charge in [0.2, 0.25) is 5.91 Å². The highest BCUT2D eigenvalue weighted by Gasteiger charge is 2.34. The lowest BCUT2D eigenvalue weighted by Crippen LogP contribution is -2.50. The fourth-order valence-corrected chi connectivity index (χ4v) is 5.59. The molecule has 246 valence electrons. The van der Waals surface area contributed by atoms with Gasteiger partial charge in [-0.15, -0.1) is 0 Å². The topological polar surface area (TPSA) is 86.0 Å². The summed E-state index contributed by atoms with van der Waals surface area (Å²) in [4.78, 5) is 19.4. The molecule has 0 saturated carbocycles. The lowest BCUT2D eigenvalue weighted by Gasteiger charge is -2.34. The van der Waals surface area contributed by atoms with Crippen molar-refractivity contribution in [1.29, 1.82) is 5.26 Å². The van der Waals surface area contributed by atoms with Gasteiger partial charge in [-0.25, -0.2) is 4.98 Å². The minimum absolute atomic E-state index is 0.00761. The number of carbonyl (C=O) groups is 1. The predicted molar refractivity (Wildman–Crippen MR) is 182 cm³/mol. The first-order chi connectivity index (χ1) is 22.4. The molecule has 0 fully saturated rings. The Morgan fingerprint density at radius 1 is 1.11 bits per heavy atom. The molecule has 2 N–H and O–H groups in total. The number of nitrogens with one attached hydrogen (secondary N) is 2. The normalized spacial score (nSPS) is 12.6. The first-order valence-corrected chi connectivity index (χ1v) is 15.8. The number of aromatic nitrogens is 2. The van der Waals surface area contributed by atoms with Crippen molar-refractivity contribution in [2.75, 3.05) is 11.9 Å². The molecule has 47 heavy (non-hydrogen) atoms. The third kappa shape index (κ3) is 9.66.